The van der Waals surface area contributed by atoms with Crippen molar-refractivity contribution in [3.8, 4) is 0 Å². The molecule has 11 heavy (non-hydrogen) atoms. The Kier molecular flexibility index (Phi) is 4.71. The van der Waals surface area contributed by atoms with E-state index in [4.69, 9.17) is 0 Å². The summed E-state index contributed by atoms with van der Waals surface area (Å²) in [5, 5.41) is 3.51. The molecule has 1 rings (SSSR count). The van der Waals surface area contributed by atoms with Crippen LogP contribution in [0.1, 0.15) is 19.8 Å². The second-order valence-electron chi connectivity index (χ2n) is 2.89. The zero-order chi connectivity index (χ0) is 7.94. The molecule has 1 saturated heterocycles. The van der Waals surface area contributed by atoms with Crippen molar-refractivity contribution >= 4 is 11.8 Å². The molecule has 1 unspecified atom stereocenters. The molecule has 0 aliphatic carbocycles. The van der Waals surface area contributed by atoms with Crippen LogP contribution >= 0.6 is 11.8 Å². The topological polar surface area (TPSA) is 12.0 Å². The lowest BCUT2D eigenvalue weighted by molar-refractivity contribution is 0.535. The van der Waals surface area contributed by atoms with E-state index < -0.39 is 0 Å². The summed E-state index contributed by atoms with van der Waals surface area (Å²) in [7, 11) is 0. The molecule has 1 atom stereocenters. The molecule has 0 aromatic heterocycles. The third-order valence-corrected chi connectivity index (χ3v) is 3.14. The normalized spacial score (nSPS) is 26.1. The van der Waals surface area contributed by atoms with Gasteiger partial charge in [0.05, 0.1) is 0 Å². The Balaban J connectivity index is 2.04. The molecular formula is C9H17NS. The van der Waals surface area contributed by atoms with Gasteiger partial charge in [-0.25, -0.2) is 0 Å². The molecule has 64 valence electrons. The van der Waals surface area contributed by atoms with Gasteiger partial charge in [0.2, 0.25) is 0 Å². The Morgan fingerprint density at radius 3 is 3.18 bits per heavy atom. The minimum atomic E-state index is 0.768. The van der Waals surface area contributed by atoms with Gasteiger partial charge < -0.3 is 5.32 Å². The second kappa shape index (κ2) is 5.67. The Labute approximate surface area is 73.6 Å². The summed E-state index contributed by atoms with van der Waals surface area (Å²) in [5.41, 5.74) is 0. The zero-order valence-corrected chi connectivity index (χ0v) is 7.99. The molecule has 0 saturated carbocycles. The van der Waals surface area contributed by atoms with Crippen molar-refractivity contribution in [2.24, 2.45) is 0 Å². The van der Waals surface area contributed by atoms with Gasteiger partial charge in [0.25, 0.3) is 0 Å². The molecule has 0 aromatic carbocycles. The minimum Gasteiger partial charge on any atom is -0.310 e. The van der Waals surface area contributed by atoms with Gasteiger partial charge in [0, 0.05) is 18.3 Å². The largest absolute Gasteiger partial charge is 0.310 e. The van der Waals surface area contributed by atoms with Gasteiger partial charge >= 0.3 is 0 Å². The van der Waals surface area contributed by atoms with Crippen molar-refractivity contribution in [1.82, 2.24) is 5.32 Å². The van der Waals surface area contributed by atoms with Crippen LogP contribution in [0.5, 0.6) is 0 Å². The van der Waals surface area contributed by atoms with Crippen LogP contribution in [0.2, 0.25) is 0 Å². The Bertz CT molecular complexity index is 117. The van der Waals surface area contributed by atoms with Gasteiger partial charge in [0.1, 0.15) is 0 Å². The molecular weight excluding hydrogens is 154 g/mol. The highest BCUT2D eigenvalue weighted by molar-refractivity contribution is 7.99. The predicted octanol–water partition coefficient (Wildman–Crippen LogP) is 2.05. The fourth-order valence-electron chi connectivity index (χ4n) is 1.25. The molecule has 0 amide bonds. The highest BCUT2D eigenvalue weighted by Crippen LogP contribution is 2.16. The number of hydrogen-bond acceptors (Lipinski definition) is 2. The quantitative estimate of drug-likeness (QED) is 0.652. The van der Waals surface area contributed by atoms with Gasteiger partial charge in [-0.3, -0.25) is 0 Å². The van der Waals surface area contributed by atoms with Crippen molar-refractivity contribution in [2.45, 2.75) is 25.8 Å². The first-order chi connectivity index (χ1) is 5.43. The maximum atomic E-state index is 3.51. The van der Waals surface area contributed by atoms with E-state index in [1.54, 1.807) is 0 Å². The van der Waals surface area contributed by atoms with E-state index in [0.29, 0.717) is 0 Å². The number of nitrogens with one attached hydrogen (secondary N) is 1. The fraction of sp³-hybridized carbons (Fsp3) is 0.778. The Morgan fingerprint density at radius 2 is 2.55 bits per heavy atom. The first-order valence-electron chi connectivity index (χ1n) is 4.36. The number of hydrogen-bond donors (Lipinski definition) is 1. The zero-order valence-electron chi connectivity index (χ0n) is 7.18. The Hall–Kier alpha value is 0.0500. The van der Waals surface area contributed by atoms with Gasteiger partial charge in [-0.1, -0.05) is 12.2 Å². The third-order valence-electron chi connectivity index (χ3n) is 1.92. The van der Waals surface area contributed by atoms with Crippen molar-refractivity contribution in [1.29, 1.82) is 0 Å². The highest BCUT2D eigenvalue weighted by Gasteiger charge is 2.11. The highest BCUT2D eigenvalue weighted by atomic mass is 32.2. The molecule has 0 spiro atoms. The minimum absolute atomic E-state index is 0.768. The smallest absolute Gasteiger partial charge is 0.0161 e. The van der Waals surface area contributed by atoms with Crippen molar-refractivity contribution in [3.05, 3.63) is 12.2 Å². The second-order valence-corrected chi connectivity index (χ2v) is 4.04. The number of allylic oxidation sites excluding steroid dienone is 1. The molecule has 0 aromatic rings. The predicted molar refractivity (Wildman–Crippen MR) is 53.2 cm³/mol. The van der Waals surface area contributed by atoms with Gasteiger partial charge in [-0.15, -0.1) is 0 Å². The van der Waals surface area contributed by atoms with Crippen LogP contribution in [-0.2, 0) is 0 Å². The number of thioether (sulfide) groups is 1. The van der Waals surface area contributed by atoms with Gasteiger partial charge in [0.15, 0.2) is 0 Å². The van der Waals surface area contributed by atoms with Crippen LogP contribution < -0.4 is 5.32 Å². The maximum absolute atomic E-state index is 3.51. The molecule has 1 aliphatic heterocycles. The summed E-state index contributed by atoms with van der Waals surface area (Å²) in [5.74, 6) is 2.67. The van der Waals surface area contributed by atoms with Crippen LogP contribution in [0.4, 0.5) is 0 Å². The monoisotopic (exact) mass is 171 g/mol. The third kappa shape index (κ3) is 3.82. The average Bonchev–Trinajstić information content (AvgIpc) is 2.07. The summed E-state index contributed by atoms with van der Waals surface area (Å²) in [6, 6.07) is 0.768. The summed E-state index contributed by atoms with van der Waals surface area (Å²) in [4.78, 5) is 0. The SMILES string of the molecule is C/C=C/CNC1CCCSC1. The summed E-state index contributed by atoms with van der Waals surface area (Å²) < 4.78 is 0. The molecule has 1 aliphatic rings. The lowest BCUT2D eigenvalue weighted by Crippen LogP contribution is -2.33. The van der Waals surface area contributed by atoms with E-state index in [2.05, 4.69) is 36.2 Å². The first kappa shape index (κ1) is 9.14. The summed E-state index contributed by atoms with van der Waals surface area (Å²) in [6.07, 6.45) is 7.03. The standard InChI is InChI=1S/C9H17NS/c1-2-3-6-10-9-5-4-7-11-8-9/h2-3,9-10H,4-8H2,1H3/b3-2+. The first-order valence-corrected chi connectivity index (χ1v) is 5.51. The molecule has 0 radical (unpaired) electrons. The van der Waals surface area contributed by atoms with E-state index in [-0.39, 0.29) is 0 Å². The van der Waals surface area contributed by atoms with E-state index >= 15 is 0 Å². The van der Waals surface area contributed by atoms with Crippen molar-refractivity contribution in [3.63, 3.8) is 0 Å². The molecule has 1 heterocycles. The van der Waals surface area contributed by atoms with E-state index in [1.807, 2.05) is 0 Å². The lowest BCUT2D eigenvalue weighted by atomic mass is 10.2. The Morgan fingerprint density at radius 1 is 1.64 bits per heavy atom. The van der Waals surface area contributed by atoms with Crippen molar-refractivity contribution < 1.29 is 0 Å². The molecule has 2 heteroatoms. The molecule has 1 nitrogen and oxygen atoms in total. The summed E-state index contributed by atoms with van der Waals surface area (Å²) in [6.45, 7) is 3.11. The molecule has 0 bridgehead atoms. The molecule has 1 N–H and O–H groups in total. The van der Waals surface area contributed by atoms with Crippen LogP contribution in [0.25, 0.3) is 0 Å². The summed E-state index contributed by atoms with van der Waals surface area (Å²) >= 11 is 2.07. The van der Waals surface area contributed by atoms with Gasteiger partial charge in [-0.05, 0) is 25.5 Å². The molecule has 1 fully saturated rings. The fourth-order valence-corrected chi connectivity index (χ4v) is 2.36. The van der Waals surface area contributed by atoms with Crippen LogP contribution in [0, 0.1) is 0 Å². The maximum Gasteiger partial charge on any atom is 0.0161 e. The average molecular weight is 171 g/mol. The van der Waals surface area contributed by atoms with E-state index in [9.17, 15) is 0 Å². The van der Waals surface area contributed by atoms with Crippen LogP contribution in [-0.4, -0.2) is 24.1 Å². The van der Waals surface area contributed by atoms with Crippen LogP contribution in [0.15, 0.2) is 12.2 Å². The van der Waals surface area contributed by atoms with Gasteiger partial charge in [-0.2, -0.15) is 11.8 Å². The lowest BCUT2D eigenvalue weighted by Gasteiger charge is -2.21. The van der Waals surface area contributed by atoms with E-state index in [1.165, 1.54) is 24.3 Å². The van der Waals surface area contributed by atoms with E-state index in [0.717, 1.165) is 12.6 Å². The van der Waals surface area contributed by atoms with Crippen LogP contribution in [0.3, 0.4) is 0 Å². The number of rotatable bonds is 3. The van der Waals surface area contributed by atoms with Crippen molar-refractivity contribution in [2.75, 3.05) is 18.1 Å².